The second-order valence-corrected chi connectivity index (χ2v) is 4.93. The fourth-order valence-electron chi connectivity index (χ4n) is 1.14. The van der Waals surface area contributed by atoms with Crippen LogP contribution in [0.2, 0.25) is 0 Å². The molecule has 0 rings (SSSR count). The van der Waals surface area contributed by atoms with Gasteiger partial charge in [0, 0.05) is 19.4 Å². The zero-order valence-electron chi connectivity index (χ0n) is 11.1. The van der Waals surface area contributed by atoms with Crippen LogP contribution in [0.4, 0.5) is 4.79 Å². The number of rotatable bonds is 5. The van der Waals surface area contributed by atoms with Crippen molar-refractivity contribution in [2.45, 2.75) is 59.1 Å². The summed E-state index contributed by atoms with van der Waals surface area (Å²) in [6, 6.07) is -0.360. The number of ether oxygens (including phenoxy) is 1. The molecule has 1 unspecified atom stereocenters. The number of carbonyl (C=O) groups excluding carboxylic acids is 3. The molecule has 0 aromatic carbocycles. The van der Waals surface area contributed by atoms with Crippen molar-refractivity contribution in [1.29, 1.82) is 0 Å². The Bertz CT molecular complexity index is 304. The maximum absolute atomic E-state index is 11.4. The van der Waals surface area contributed by atoms with Gasteiger partial charge in [-0.15, -0.1) is 0 Å². The highest BCUT2D eigenvalue weighted by Crippen LogP contribution is 2.08. The monoisotopic (exact) mass is 243 g/mol. The van der Waals surface area contributed by atoms with Gasteiger partial charge in [0.05, 0.1) is 0 Å². The van der Waals surface area contributed by atoms with Crippen LogP contribution in [0, 0.1) is 0 Å². The van der Waals surface area contributed by atoms with Gasteiger partial charge in [-0.2, -0.15) is 0 Å². The molecule has 0 saturated heterocycles. The van der Waals surface area contributed by atoms with Crippen molar-refractivity contribution in [3.05, 3.63) is 0 Å². The number of Topliss-reactive ketones (excluding diaryl/α,β-unsaturated/α-hetero) is 2. The summed E-state index contributed by atoms with van der Waals surface area (Å²) in [7, 11) is 0. The van der Waals surface area contributed by atoms with Crippen LogP contribution in [0.1, 0.15) is 47.5 Å². The van der Waals surface area contributed by atoms with Gasteiger partial charge in [0.15, 0.2) is 11.6 Å². The molecule has 0 radical (unpaired) electrons. The van der Waals surface area contributed by atoms with Crippen molar-refractivity contribution in [2.24, 2.45) is 0 Å². The molecule has 0 aliphatic heterocycles. The Balaban J connectivity index is 4.27. The van der Waals surface area contributed by atoms with E-state index in [1.807, 2.05) is 6.92 Å². The van der Waals surface area contributed by atoms with Gasteiger partial charge >= 0.3 is 6.09 Å². The Kier molecular flexibility index (Phi) is 5.85. The van der Waals surface area contributed by atoms with Crippen LogP contribution in [-0.4, -0.2) is 29.3 Å². The van der Waals surface area contributed by atoms with E-state index in [2.05, 4.69) is 5.32 Å². The number of nitrogens with one attached hydrogen (secondary N) is 1. The largest absolute Gasteiger partial charge is 0.444 e. The molecule has 0 heterocycles. The number of ketones is 2. The summed E-state index contributed by atoms with van der Waals surface area (Å²) >= 11 is 0. The van der Waals surface area contributed by atoms with E-state index in [0.717, 1.165) is 0 Å². The fourth-order valence-corrected chi connectivity index (χ4v) is 1.14. The SMILES string of the molecule is CCC(CC(=O)C(C)=O)NC(=O)OC(C)(C)C. The number of hydrogen-bond acceptors (Lipinski definition) is 4. The van der Waals surface area contributed by atoms with Gasteiger partial charge in [-0.1, -0.05) is 6.92 Å². The molecule has 5 nitrogen and oxygen atoms in total. The van der Waals surface area contributed by atoms with Gasteiger partial charge in [0.2, 0.25) is 0 Å². The van der Waals surface area contributed by atoms with Crippen molar-refractivity contribution in [3.8, 4) is 0 Å². The molecular formula is C12H21NO4. The zero-order valence-corrected chi connectivity index (χ0v) is 11.1. The smallest absolute Gasteiger partial charge is 0.407 e. The van der Waals surface area contributed by atoms with Crippen LogP contribution < -0.4 is 5.32 Å². The van der Waals surface area contributed by atoms with Crippen LogP contribution in [0.5, 0.6) is 0 Å². The maximum atomic E-state index is 11.4. The van der Waals surface area contributed by atoms with E-state index in [9.17, 15) is 14.4 Å². The van der Waals surface area contributed by atoms with Crippen LogP contribution in [0.25, 0.3) is 0 Å². The fraction of sp³-hybridized carbons (Fsp3) is 0.750. The van der Waals surface area contributed by atoms with Gasteiger partial charge < -0.3 is 10.1 Å². The molecule has 98 valence electrons. The molecule has 0 aromatic rings. The van der Waals surface area contributed by atoms with E-state index in [-0.39, 0.29) is 12.5 Å². The van der Waals surface area contributed by atoms with Crippen molar-refractivity contribution in [3.63, 3.8) is 0 Å². The molecule has 0 saturated carbocycles. The first-order valence-electron chi connectivity index (χ1n) is 5.69. The first-order valence-corrected chi connectivity index (χ1v) is 5.69. The summed E-state index contributed by atoms with van der Waals surface area (Å²) in [6.07, 6.45) is 0.0179. The average Bonchev–Trinajstić information content (AvgIpc) is 2.13. The maximum Gasteiger partial charge on any atom is 0.407 e. The summed E-state index contributed by atoms with van der Waals surface area (Å²) < 4.78 is 5.07. The molecule has 0 aliphatic carbocycles. The lowest BCUT2D eigenvalue weighted by Gasteiger charge is -2.22. The highest BCUT2D eigenvalue weighted by atomic mass is 16.6. The third-order valence-electron chi connectivity index (χ3n) is 2.04. The van der Waals surface area contributed by atoms with Gasteiger partial charge in [-0.3, -0.25) is 9.59 Å². The van der Waals surface area contributed by atoms with Crippen LogP contribution in [0.15, 0.2) is 0 Å². The Morgan fingerprint density at radius 3 is 2.12 bits per heavy atom. The predicted octanol–water partition coefficient (Wildman–Crippen LogP) is 1.84. The molecule has 0 bridgehead atoms. The second kappa shape index (κ2) is 6.37. The van der Waals surface area contributed by atoms with Crippen molar-refractivity contribution in [1.82, 2.24) is 5.32 Å². The molecule has 0 aromatic heterocycles. The first kappa shape index (κ1) is 15.6. The minimum atomic E-state index is -0.576. The number of hydrogen-bond donors (Lipinski definition) is 1. The summed E-state index contributed by atoms with van der Waals surface area (Å²) in [5.41, 5.74) is -0.576. The van der Waals surface area contributed by atoms with E-state index in [1.54, 1.807) is 20.8 Å². The highest BCUT2D eigenvalue weighted by molar-refractivity contribution is 6.36. The summed E-state index contributed by atoms with van der Waals surface area (Å²) in [6.45, 7) is 8.33. The quantitative estimate of drug-likeness (QED) is 0.748. The number of carbonyl (C=O) groups is 3. The molecule has 1 N–H and O–H groups in total. The number of amides is 1. The third kappa shape index (κ3) is 7.49. The topological polar surface area (TPSA) is 72.5 Å². The van der Waals surface area contributed by atoms with Gasteiger partial charge in [-0.25, -0.2) is 4.79 Å². The van der Waals surface area contributed by atoms with E-state index >= 15 is 0 Å². The lowest BCUT2D eigenvalue weighted by molar-refractivity contribution is -0.135. The van der Waals surface area contributed by atoms with Gasteiger partial charge in [0.1, 0.15) is 5.60 Å². The van der Waals surface area contributed by atoms with Gasteiger partial charge in [0.25, 0.3) is 0 Å². The lowest BCUT2D eigenvalue weighted by atomic mass is 10.1. The number of alkyl carbamates (subject to hydrolysis) is 1. The molecule has 1 amide bonds. The lowest BCUT2D eigenvalue weighted by Crippen LogP contribution is -2.40. The van der Waals surface area contributed by atoms with Crippen LogP contribution in [-0.2, 0) is 14.3 Å². The second-order valence-electron chi connectivity index (χ2n) is 4.93. The van der Waals surface area contributed by atoms with E-state index in [0.29, 0.717) is 6.42 Å². The zero-order chi connectivity index (χ0) is 13.6. The first-order chi connectivity index (χ1) is 7.65. The van der Waals surface area contributed by atoms with Crippen molar-refractivity contribution in [2.75, 3.05) is 0 Å². The van der Waals surface area contributed by atoms with Crippen LogP contribution in [0.3, 0.4) is 0 Å². The highest BCUT2D eigenvalue weighted by Gasteiger charge is 2.21. The standard InChI is InChI=1S/C12H21NO4/c1-6-9(7-10(15)8(2)14)13-11(16)17-12(3,4)5/h9H,6-7H2,1-5H3,(H,13,16). The molecule has 0 spiro atoms. The van der Waals surface area contributed by atoms with Crippen molar-refractivity contribution < 1.29 is 19.1 Å². The average molecular weight is 243 g/mol. The Morgan fingerprint density at radius 1 is 1.24 bits per heavy atom. The van der Waals surface area contributed by atoms with Gasteiger partial charge in [-0.05, 0) is 27.2 Å². The normalized spacial score (nSPS) is 12.8. The molecule has 17 heavy (non-hydrogen) atoms. The Labute approximate surface area is 102 Å². The predicted molar refractivity (Wildman–Crippen MR) is 63.8 cm³/mol. The molecule has 0 fully saturated rings. The molecular weight excluding hydrogens is 222 g/mol. The minimum Gasteiger partial charge on any atom is -0.444 e. The van der Waals surface area contributed by atoms with Crippen LogP contribution >= 0.6 is 0 Å². The third-order valence-corrected chi connectivity index (χ3v) is 2.04. The molecule has 0 aliphatic rings. The van der Waals surface area contributed by atoms with Crippen molar-refractivity contribution >= 4 is 17.7 Å². The molecule has 1 atom stereocenters. The van der Waals surface area contributed by atoms with E-state index in [4.69, 9.17) is 4.74 Å². The summed E-state index contributed by atoms with van der Waals surface area (Å²) in [5.74, 6) is -0.970. The summed E-state index contributed by atoms with van der Waals surface area (Å²) in [4.78, 5) is 33.5. The Hall–Kier alpha value is -1.39. The molecule has 5 heteroatoms. The van der Waals surface area contributed by atoms with E-state index in [1.165, 1.54) is 6.92 Å². The summed E-state index contributed by atoms with van der Waals surface area (Å²) in [5, 5.41) is 2.57. The minimum absolute atomic E-state index is 0.0189. The Morgan fingerprint density at radius 2 is 1.76 bits per heavy atom. The van der Waals surface area contributed by atoms with E-state index < -0.39 is 23.3 Å².